The summed E-state index contributed by atoms with van der Waals surface area (Å²) in [6.45, 7) is 0. The third-order valence-corrected chi connectivity index (χ3v) is 7.39. The Morgan fingerprint density at radius 3 is 2.14 bits per heavy atom. The van der Waals surface area contributed by atoms with E-state index in [1.54, 1.807) is 34.6 Å². The summed E-state index contributed by atoms with van der Waals surface area (Å²) in [5.41, 5.74) is 2.41. The minimum atomic E-state index is -0.988. The largest absolute Gasteiger partial charge is 0.493 e. The van der Waals surface area contributed by atoms with Crippen LogP contribution in [0, 0.1) is 0 Å². The van der Waals surface area contributed by atoms with Crippen molar-refractivity contribution in [3.63, 3.8) is 0 Å². The van der Waals surface area contributed by atoms with Gasteiger partial charge in [0.05, 0.1) is 40.2 Å². The van der Waals surface area contributed by atoms with Gasteiger partial charge >= 0.3 is 0 Å². The summed E-state index contributed by atoms with van der Waals surface area (Å²) < 4.78 is 28.7. The molecule has 3 unspecified atom stereocenters. The molecule has 1 saturated heterocycles. The highest BCUT2D eigenvalue weighted by Crippen LogP contribution is 2.56. The van der Waals surface area contributed by atoms with Crippen molar-refractivity contribution in [2.45, 2.75) is 36.9 Å². The Balaban J connectivity index is 1.55. The molecule has 0 bridgehead atoms. The normalized spacial score (nSPS) is 24.0. The van der Waals surface area contributed by atoms with Crippen molar-refractivity contribution >= 4 is 11.9 Å². The van der Waals surface area contributed by atoms with E-state index in [4.69, 9.17) is 23.7 Å². The average molecular weight is 502 g/mol. The SMILES string of the molecule is COc1ccc(C2CCC3(O2)C(=O)C(=Cc2ccccn2)CC3c2ccc(OC)c(OC)c2)cc1OC. The van der Waals surface area contributed by atoms with Gasteiger partial charge in [-0.05, 0) is 72.9 Å². The predicted molar refractivity (Wildman–Crippen MR) is 139 cm³/mol. The van der Waals surface area contributed by atoms with Gasteiger partial charge in [0.2, 0.25) is 0 Å². The molecule has 1 aliphatic heterocycles. The van der Waals surface area contributed by atoms with Crippen LogP contribution < -0.4 is 18.9 Å². The Morgan fingerprint density at radius 1 is 0.865 bits per heavy atom. The van der Waals surface area contributed by atoms with Crippen molar-refractivity contribution < 1.29 is 28.5 Å². The van der Waals surface area contributed by atoms with Crippen LogP contribution in [0.2, 0.25) is 0 Å². The number of rotatable bonds is 7. The average Bonchev–Trinajstić information content (AvgIpc) is 3.51. The molecule has 1 aromatic heterocycles. The molecule has 5 rings (SSSR count). The van der Waals surface area contributed by atoms with Crippen LogP contribution >= 0.6 is 0 Å². The molecule has 1 saturated carbocycles. The lowest BCUT2D eigenvalue weighted by molar-refractivity contribution is -0.138. The number of hydrogen-bond acceptors (Lipinski definition) is 7. The summed E-state index contributed by atoms with van der Waals surface area (Å²) in [7, 11) is 6.45. The molecule has 0 amide bonds. The first-order valence-corrected chi connectivity index (χ1v) is 12.3. The smallest absolute Gasteiger partial charge is 0.191 e. The summed E-state index contributed by atoms with van der Waals surface area (Å²) in [6.07, 6.45) is 5.22. The zero-order valence-corrected chi connectivity index (χ0v) is 21.5. The summed E-state index contributed by atoms with van der Waals surface area (Å²) >= 11 is 0. The number of ketones is 1. The molecule has 3 aromatic rings. The summed E-state index contributed by atoms with van der Waals surface area (Å²) in [5.74, 6) is 2.39. The molecule has 7 nitrogen and oxygen atoms in total. The maximum absolute atomic E-state index is 14.1. The first-order valence-electron chi connectivity index (χ1n) is 12.3. The third-order valence-electron chi connectivity index (χ3n) is 7.39. The molecular weight excluding hydrogens is 470 g/mol. The van der Waals surface area contributed by atoms with E-state index in [9.17, 15) is 4.79 Å². The molecule has 2 aromatic carbocycles. The molecular formula is C30H31NO6. The van der Waals surface area contributed by atoms with E-state index in [-0.39, 0.29) is 17.8 Å². The summed E-state index contributed by atoms with van der Waals surface area (Å²) in [5, 5.41) is 0. The highest BCUT2D eigenvalue weighted by atomic mass is 16.5. The van der Waals surface area contributed by atoms with Gasteiger partial charge in [-0.3, -0.25) is 9.78 Å². The highest BCUT2D eigenvalue weighted by Gasteiger charge is 2.58. The maximum atomic E-state index is 14.1. The number of aromatic nitrogens is 1. The van der Waals surface area contributed by atoms with Crippen LogP contribution in [0.15, 0.2) is 66.4 Å². The minimum absolute atomic E-state index is 0.0147. The zero-order chi connectivity index (χ0) is 26.0. The van der Waals surface area contributed by atoms with E-state index >= 15 is 0 Å². The number of nitrogens with zero attached hydrogens (tertiary/aromatic N) is 1. The molecule has 3 atom stereocenters. The van der Waals surface area contributed by atoms with E-state index in [0.717, 1.165) is 16.8 Å². The van der Waals surface area contributed by atoms with Crippen LogP contribution in [-0.2, 0) is 9.53 Å². The second kappa shape index (κ2) is 10.3. The molecule has 37 heavy (non-hydrogen) atoms. The van der Waals surface area contributed by atoms with Crippen molar-refractivity contribution in [1.29, 1.82) is 0 Å². The zero-order valence-electron chi connectivity index (χ0n) is 21.5. The van der Waals surface area contributed by atoms with Gasteiger partial charge in [-0.2, -0.15) is 0 Å². The molecule has 2 aliphatic rings. The van der Waals surface area contributed by atoms with Gasteiger partial charge in [-0.1, -0.05) is 18.2 Å². The van der Waals surface area contributed by atoms with Crippen LogP contribution in [0.1, 0.15) is 48.1 Å². The second-order valence-electron chi connectivity index (χ2n) is 9.27. The van der Waals surface area contributed by atoms with Crippen molar-refractivity contribution in [3.05, 3.63) is 83.2 Å². The summed E-state index contributed by atoms with van der Waals surface area (Å²) in [4.78, 5) is 18.5. The maximum Gasteiger partial charge on any atom is 0.191 e. The lowest BCUT2D eigenvalue weighted by Gasteiger charge is -2.30. The first kappa shape index (κ1) is 24.8. The van der Waals surface area contributed by atoms with Gasteiger partial charge in [0.25, 0.3) is 0 Å². The lowest BCUT2D eigenvalue weighted by atomic mass is 9.82. The standard InChI is InChI=1S/C30H31NO6/c1-33-25-10-8-19(17-27(25)35-3)23-16-21(15-22-7-5-6-14-31-22)29(32)30(23)13-12-24(37-30)20-9-11-26(34-2)28(18-20)36-4/h5-11,14-15,17-18,23-24H,12-13,16H2,1-4H3. The fraction of sp³-hybridized carbons (Fsp3) is 0.333. The third kappa shape index (κ3) is 4.44. The fourth-order valence-corrected chi connectivity index (χ4v) is 5.56. The quantitative estimate of drug-likeness (QED) is 0.393. The Hall–Kier alpha value is -3.84. The Bertz CT molecular complexity index is 1320. The number of Topliss-reactive ketones (excluding diaryl/α,β-unsaturated/α-hetero) is 1. The number of carbonyl (C=O) groups is 1. The number of carbonyl (C=O) groups excluding carboxylic acids is 1. The lowest BCUT2D eigenvalue weighted by Crippen LogP contribution is -2.38. The molecule has 2 fully saturated rings. The van der Waals surface area contributed by atoms with Gasteiger partial charge in [0, 0.05) is 17.7 Å². The predicted octanol–water partition coefficient (Wildman–Crippen LogP) is 5.55. The van der Waals surface area contributed by atoms with E-state index < -0.39 is 5.60 Å². The molecule has 0 N–H and O–H groups in total. The van der Waals surface area contributed by atoms with E-state index in [1.165, 1.54) is 0 Å². The van der Waals surface area contributed by atoms with E-state index in [2.05, 4.69) is 4.98 Å². The Labute approximate surface area is 217 Å². The first-order chi connectivity index (χ1) is 18.0. The number of hydrogen-bond donors (Lipinski definition) is 0. The topological polar surface area (TPSA) is 76.1 Å². The van der Waals surface area contributed by atoms with Gasteiger partial charge in [-0.15, -0.1) is 0 Å². The van der Waals surface area contributed by atoms with Crippen molar-refractivity contribution in [3.8, 4) is 23.0 Å². The fourth-order valence-electron chi connectivity index (χ4n) is 5.56. The number of pyridine rings is 1. The van der Waals surface area contributed by atoms with E-state index in [0.29, 0.717) is 47.8 Å². The van der Waals surface area contributed by atoms with Crippen LogP contribution in [0.5, 0.6) is 23.0 Å². The highest BCUT2D eigenvalue weighted by molar-refractivity contribution is 6.08. The van der Waals surface area contributed by atoms with Crippen molar-refractivity contribution in [2.24, 2.45) is 0 Å². The van der Waals surface area contributed by atoms with Gasteiger partial charge in [0.15, 0.2) is 28.8 Å². The van der Waals surface area contributed by atoms with E-state index in [1.807, 2.05) is 60.7 Å². The number of methoxy groups -OCH3 is 4. The molecule has 1 spiro atoms. The van der Waals surface area contributed by atoms with Crippen LogP contribution in [0.25, 0.3) is 6.08 Å². The minimum Gasteiger partial charge on any atom is -0.493 e. The number of benzene rings is 2. The van der Waals surface area contributed by atoms with Crippen molar-refractivity contribution in [2.75, 3.05) is 28.4 Å². The van der Waals surface area contributed by atoms with Crippen LogP contribution in [0.3, 0.4) is 0 Å². The molecule has 7 heteroatoms. The van der Waals surface area contributed by atoms with Gasteiger partial charge in [0.1, 0.15) is 5.60 Å². The second-order valence-corrected chi connectivity index (χ2v) is 9.27. The molecule has 192 valence electrons. The molecule has 2 heterocycles. The van der Waals surface area contributed by atoms with Gasteiger partial charge in [-0.25, -0.2) is 0 Å². The molecule has 0 radical (unpaired) electrons. The van der Waals surface area contributed by atoms with Crippen LogP contribution in [0.4, 0.5) is 0 Å². The Kier molecular flexibility index (Phi) is 6.89. The number of ether oxygens (including phenoxy) is 5. The van der Waals surface area contributed by atoms with Crippen LogP contribution in [-0.4, -0.2) is 44.8 Å². The summed E-state index contributed by atoms with van der Waals surface area (Å²) in [6, 6.07) is 17.3. The van der Waals surface area contributed by atoms with Crippen molar-refractivity contribution in [1.82, 2.24) is 4.98 Å². The Morgan fingerprint density at radius 2 is 1.51 bits per heavy atom. The van der Waals surface area contributed by atoms with Gasteiger partial charge < -0.3 is 23.7 Å². The molecule has 1 aliphatic carbocycles. The monoisotopic (exact) mass is 501 g/mol.